The van der Waals surface area contributed by atoms with Crippen molar-refractivity contribution in [1.29, 1.82) is 0 Å². The zero-order valence-electron chi connectivity index (χ0n) is 27.4. The minimum atomic E-state index is 0.819. The lowest BCUT2D eigenvalue weighted by molar-refractivity contribution is 0.670. The normalized spacial score (nSPS) is 11.7. The Morgan fingerprint density at radius 2 is 0.900 bits per heavy atom. The Balaban J connectivity index is 1.22. The topological polar surface area (TPSA) is 13.1 Å². The van der Waals surface area contributed by atoms with Crippen LogP contribution < -0.4 is 0 Å². The van der Waals surface area contributed by atoms with Crippen LogP contribution in [0.1, 0.15) is 11.1 Å². The number of benzene rings is 9. The summed E-state index contributed by atoms with van der Waals surface area (Å²) in [5.74, 6) is 0. The van der Waals surface area contributed by atoms with E-state index < -0.39 is 0 Å². The van der Waals surface area contributed by atoms with Crippen LogP contribution in [0, 0.1) is 0 Å². The third-order valence-electron chi connectivity index (χ3n) is 10.4. The van der Waals surface area contributed by atoms with Crippen molar-refractivity contribution in [3.63, 3.8) is 0 Å². The molecule has 0 amide bonds. The van der Waals surface area contributed by atoms with Crippen molar-refractivity contribution in [2.75, 3.05) is 0 Å². The Labute approximate surface area is 290 Å². The fraction of sp³-hybridized carbons (Fsp3) is 0.0204. The molecule has 10 rings (SSSR count). The highest BCUT2D eigenvalue weighted by Crippen LogP contribution is 2.46. The Morgan fingerprint density at radius 1 is 0.360 bits per heavy atom. The SMILES string of the molecule is c1ccc(-c2cccc3c2oc2cccc(-c4c5ccccc5c(Cc5ccccc5-c5cccc6ccccc56)c5ccccc45)c23)cc1. The molecule has 0 aliphatic rings. The summed E-state index contributed by atoms with van der Waals surface area (Å²) >= 11 is 0. The lowest BCUT2D eigenvalue weighted by Crippen LogP contribution is -1.97. The number of fused-ring (bicyclic) bond motifs is 6. The van der Waals surface area contributed by atoms with E-state index in [-0.39, 0.29) is 0 Å². The minimum Gasteiger partial charge on any atom is -0.455 e. The summed E-state index contributed by atoms with van der Waals surface area (Å²) in [6.07, 6.45) is 0.819. The Hall–Kier alpha value is -6.44. The first-order valence-corrected chi connectivity index (χ1v) is 17.3. The third kappa shape index (κ3) is 4.48. The van der Waals surface area contributed by atoms with Gasteiger partial charge in [-0.3, -0.25) is 0 Å². The second kappa shape index (κ2) is 11.6. The van der Waals surface area contributed by atoms with Crippen molar-refractivity contribution in [2.24, 2.45) is 0 Å². The van der Waals surface area contributed by atoms with E-state index in [9.17, 15) is 0 Å². The maximum Gasteiger partial charge on any atom is 0.143 e. The molecule has 0 bridgehead atoms. The third-order valence-corrected chi connectivity index (χ3v) is 10.4. The van der Waals surface area contributed by atoms with Gasteiger partial charge in [0.15, 0.2) is 0 Å². The van der Waals surface area contributed by atoms with Crippen molar-refractivity contribution >= 4 is 54.3 Å². The van der Waals surface area contributed by atoms with E-state index in [1.54, 1.807) is 0 Å². The predicted molar refractivity (Wildman–Crippen MR) is 212 cm³/mol. The predicted octanol–water partition coefficient (Wildman–Crippen LogP) is 13.6. The second-order valence-corrected chi connectivity index (χ2v) is 13.1. The van der Waals surface area contributed by atoms with Crippen LogP contribution in [0.4, 0.5) is 0 Å². The van der Waals surface area contributed by atoms with Gasteiger partial charge in [-0.1, -0.05) is 176 Å². The van der Waals surface area contributed by atoms with Gasteiger partial charge in [-0.2, -0.15) is 0 Å². The highest BCUT2D eigenvalue weighted by molar-refractivity contribution is 6.23. The van der Waals surface area contributed by atoms with Gasteiger partial charge in [0.1, 0.15) is 11.2 Å². The molecule has 1 nitrogen and oxygen atoms in total. The minimum absolute atomic E-state index is 0.819. The van der Waals surface area contributed by atoms with E-state index in [4.69, 9.17) is 4.42 Å². The largest absolute Gasteiger partial charge is 0.455 e. The molecule has 9 aromatic carbocycles. The van der Waals surface area contributed by atoms with Crippen LogP contribution in [0.2, 0.25) is 0 Å². The highest BCUT2D eigenvalue weighted by Gasteiger charge is 2.21. The molecule has 1 aromatic heterocycles. The molecule has 0 aliphatic heterocycles. The summed E-state index contributed by atoms with van der Waals surface area (Å²) in [5.41, 5.74) is 11.8. The molecular formula is C49H32O. The van der Waals surface area contributed by atoms with E-state index in [0.29, 0.717) is 0 Å². The molecule has 0 N–H and O–H groups in total. The number of hydrogen-bond donors (Lipinski definition) is 0. The number of para-hydroxylation sites is 1. The molecule has 0 atom stereocenters. The molecule has 0 fully saturated rings. The number of furan rings is 1. The van der Waals surface area contributed by atoms with E-state index in [1.165, 1.54) is 65.7 Å². The molecule has 0 radical (unpaired) electrons. The molecule has 0 unspecified atom stereocenters. The fourth-order valence-electron chi connectivity index (χ4n) is 8.19. The average molecular weight is 637 g/mol. The summed E-state index contributed by atoms with van der Waals surface area (Å²) in [5, 5.41) is 9.91. The summed E-state index contributed by atoms with van der Waals surface area (Å²) in [6, 6.07) is 65.8. The van der Waals surface area contributed by atoms with Crippen molar-refractivity contribution < 1.29 is 4.42 Å². The molecule has 10 aromatic rings. The van der Waals surface area contributed by atoms with Crippen molar-refractivity contribution in [1.82, 2.24) is 0 Å². The number of rotatable bonds is 5. The van der Waals surface area contributed by atoms with Crippen molar-refractivity contribution in [3.8, 4) is 33.4 Å². The van der Waals surface area contributed by atoms with Crippen LogP contribution in [-0.2, 0) is 6.42 Å². The van der Waals surface area contributed by atoms with Crippen molar-refractivity contribution in [2.45, 2.75) is 6.42 Å². The maximum atomic E-state index is 6.71. The summed E-state index contributed by atoms with van der Waals surface area (Å²) in [6.45, 7) is 0. The van der Waals surface area contributed by atoms with Gasteiger partial charge in [-0.25, -0.2) is 0 Å². The quantitative estimate of drug-likeness (QED) is 0.171. The van der Waals surface area contributed by atoms with Crippen LogP contribution in [0.5, 0.6) is 0 Å². The summed E-state index contributed by atoms with van der Waals surface area (Å²) in [7, 11) is 0. The average Bonchev–Trinajstić information content (AvgIpc) is 3.58. The highest BCUT2D eigenvalue weighted by atomic mass is 16.3. The van der Waals surface area contributed by atoms with Crippen molar-refractivity contribution in [3.05, 3.63) is 193 Å². The second-order valence-electron chi connectivity index (χ2n) is 13.1. The standard InChI is InChI=1S/C49H32O/c1-2-15-33(16-3-1)37-26-13-29-44-48-43(28-14-30-46(48)50-49(37)44)47-41-24-10-8-22-39(41)45(40-23-9-11-25-42(40)47)31-34-18-5-7-21-36(34)38-27-12-19-32-17-4-6-20-35(32)38/h1-30H,31H2. The van der Waals surface area contributed by atoms with Gasteiger partial charge in [0, 0.05) is 16.3 Å². The zero-order chi connectivity index (χ0) is 33.0. The van der Waals surface area contributed by atoms with Crippen LogP contribution >= 0.6 is 0 Å². The maximum absolute atomic E-state index is 6.71. The first-order valence-electron chi connectivity index (χ1n) is 17.3. The molecular weight excluding hydrogens is 605 g/mol. The van der Waals surface area contributed by atoms with Crippen LogP contribution in [-0.4, -0.2) is 0 Å². The van der Waals surface area contributed by atoms with E-state index in [0.717, 1.165) is 39.5 Å². The van der Waals surface area contributed by atoms with Crippen LogP contribution in [0.25, 0.3) is 87.6 Å². The van der Waals surface area contributed by atoms with Gasteiger partial charge in [0.25, 0.3) is 0 Å². The van der Waals surface area contributed by atoms with Gasteiger partial charge in [-0.05, 0) is 83.7 Å². The molecule has 50 heavy (non-hydrogen) atoms. The monoisotopic (exact) mass is 636 g/mol. The number of hydrogen-bond acceptors (Lipinski definition) is 1. The first-order chi connectivity index (χ1) is 24.8. The smallest absolute Gasteiger partial charge is 0.143 e. The van der Waals surface area contributed by atoms with E-state index in [1.807, 2.05) is 0 Å². The molecule has 0 saturated heterocycles. The Kier molecular flexibility index (Phi) is 6.63. The van der Waals surface area contributed by atoms with Gasteiger partial charge >= 0.3 is 0 Å². The molecule has 1 heteroatoms. The van der Waals surface area contributed by atoms with E-state index >= 15 is 0 Å². The summed E-state index contributed by atoms with van der Waals surface area (Å²) < 4.78 is 6.71. The Bertz CT molecular complexity index is 2830. The van der Waals surface area contributed by atoms with E-state index in [2.05, 4.69) is 182 Å². The molecule has 0 saturated carbocycles. The molecule has 234 valence electrons. The van der Waals surface area contributed by atoms with Gasteiger partial charge in [-0.15, -0.1) is 0 Å². The molecule has 0 aliphatic carbocycles. The van der Waals surface area contributed by atoms with Crippen LogP contribution in [0.3, 0.4) is 0 Å². The lowest BCUT2D eigenvalue weighted by Gasteiger charge is -2.19. The molecule has 1 heterocycles. The zero-order valence-corrected chi connectivity index (χ0v) is 27.4. The van der Waals surface area contributed by atoms with Gasteiger partial charge < -0.3 is 4.42 Å². The fourth-order valence-corrected chi connectivity index (χ4v) is 8.19. The summed E-state index contributed by atoms with van der Waals surface area (Å²) in [4.78, 5) is 0. The first kappa shape index (κ1) is 28.6. The lowest BCUT2D eigenvalue weighted by atomic mass is 9.84. The van der Waals surface area contributed by atoms with Gasteiger partial charge in [0.2, 0.25) is 0 Å². The van der Waals surface area contributed by atoms with Gasteiger partial charge in [0.05, 0.1) is 0 Å². The molecule has 0 spiro atoms. The van der Waals surface area contributed by atoms with Crippen LogP contribution in [0.15, 0.2) is 186 Å². The Morgan fingerprint density at radius 3 is 1.70 bits per heavy atom.